The quantitative estimate of drug-likeness (QED) is 0.463. The number of halogens is 1. The average Bonchev–Trinajstić information content (AvgIpc) is 3.01. The van der Waals surface area contributed by atoms with Crippen LogP contribution < -0.4 is 0 Å². The van der Waals surface area contributed by atoms with Crippen LogP contribution in [-0.4, -0.2) is 42.8 Å². The molecule has 6 heteroatoms. The van der Waals surface area contributed by atoms with Gasteiger partial charge in [0.15, 0.2) is 5.79 Å². The van der Waals surface area contributed by atoms with E-state index in [9.17, 15) is 0 Å². The molecule has 4 nitrogen and oxygen atoms in total. The van der Waals surface area contributed by atoms with Gasteiger partial charge in [0.1, 0.15) is 5.84 Å². The topological polar surface area (TPSA) is 45.6 Å². The van der Waals surface area contributed by atoms with Gasteiger partial charge in [0.05, 0.1) is 18.1 Å². The lowest BCUT2D eigenvalue weighted by molar-refractivity contribution is -0.180. The Morgan fingerprint density at radius 2 is 1.94 bits per heavy atom. The summed E-state index contributed by atoms with van der Waals surface area (Å²) in [6, 6.07) is 3.99. The van der Waals surface area contributed by atoms with Crippen LogP contribution in [0.3, 0.4) is 0 Å². The minimum atomic E-state index is -0.341. The first-order chi connectivity index (χ1) is 8.29. The molecule has 0 aliphatic carbocycles. The molecule has 3 rings (SSSR count). The number of hydrogen-bond donors (Lipinski definition) is 1. The number of ether oxygens (including phenoxy) is 2. The van der Waals surface area contributed by atoms with Gasteiger partial charge in [-0.05, 0) is 11.4 Å². The monoisotopic (exact) mass is 380 g/mol. The Kier molecular flexibility index (Phi) is 4.63. The highest BCUT2D eigenvalue weighted by Crippen LogP contribution is 2.31. The van der Waals surface area contributed by atoms with Gasteiger partial charge < -0.3 is 14.4 Å². The summed E-state index contributed by atoms with van der Waals surface area (Å²) in [5.41, 5.74) is 0. The molecule has 0 amide bonds. The van der Waals surface area contributed by atoms with Crippen LogP contribution in [0.1, 0.15) is 17.7 Å². The lowest BCUT2D eigenvalue weighted by Gasteiger charge is -2.38. The van der Waals surface area contributed by atoms with E-state index < -0.39 is 0 Å². The summed E-state index contributed by atoms with van der Waals surface area (Å²) in [7, 11) is 0. The molecule has 0 atom stereocenters. The predicted octanol–water partition coefficient (Wildman–Crippen LogP) is 2.53. The van der Waals surface area contributed by atoms with Crippen LogP contribution >= 0.6 is 35.3 Å². The van der Waals surface area contributed by atoms with Gasteiger partial charge in [-0.25, -0.2) is 0 Å². The van der Waals surface area contributed by atoms with Crippen molar-refractivity contribution in [3.8, 4) is 0 Å². The third kappa shape index (κ3) is 2.71. The first-order valence-electron chi connectivity index (χ1n) is 5.94. The Labute approximate surface area is 128 Å². The fourth-order valence-electron chi connectivity index (χ4n) is 2.43. The third-order valence-corrected chi connectivity index (χ3v) is 4.29. The Hall–Kier alpha value is -0.180. The maximum atomic E-state index is 8.15. The van der Waals surface area contributed by atoms with Crippen molar-refractivity contribution in [3.05, 3.63) is 22.4 Å². The third-order valence-electron chi connectivity index (χ3n) is 3.41. The molecule has 100 valence electrons. The number of rotatable bonds is 1. The van der Waals surface area contributed by atoms with E-state index in [-0.39, 0.29) is 29.8 Å². The molecule has 0 radical (unpaired) electrons. The zero-order chi connectivity index (χ0) is 11.7. The van der Waals surface area contributed by atoms with E-state index >= 15 is 0 Å². The first kappa shape index (κ1) is 14.2. The zero-order valence-corrected chi connectivity index (χ0v) is 13.2. The van der Waals surface area contributed by atoms with E-state index in [2.05, 4.69) is 4.90 Å². The summed E-state index contributed by atoms with van der Waals surface area (Å²) >= 11 is 1.62. The zero-order valence-electron chi connectivity index (χ0n) is 10.1. The van der Waals surface area contributed by atoms with Gasteiger partial charge in [-0.15, -0.1) is 35.3 Å². The number of amidine groups is 1. The van der Waals surface area contributed by atoms with E-state index in [4.69, 9.17) is 14.9 Å². The molecule has 0 unspecified atom stereocenters. The molecule has 1 N–H and O–H groups in total. The number of nitrogens with zero attached hydrogens (tertiary/aromatic N) is 1. The maximum absolute atomic E-state index is 8.15. The molecule has 18 heavy (non-hydrogen) atoms. The van der Waals surface area contributed by atoms with Crippen molar-refractivity contribution in [1.82, 2.24) is 4.90 Å². The molecule has 0 saturated carbocycles. The van der Waals surface area contributed by atoms with Crippen molar-refractivity contribution in [2.24, 2.45) is 0 Å². The van der Waals surface area contributed by atoms with E-state index in [0.29, 0.717) is 19.0 Å². The van der Waals surface area contributed by atoms with E-state index in [1.807, 2.05) is 17.5 Å². The number of nitrogens with one attached hydrogen (secondary N) is 1. The Morgan fingerprint density at radius 1 is 1.28 bits per heavy atom. The van der Waals surface area contributed by atoms with Crippen LogP contribution in [0.2, 0.25) is 0 Å². The molecule has 1 spiro atoms. The molecular weight excluding hydrogens is 363 g/mol. The number of likely N-dealkylation sites (tertiary alicyclic amines) is 1. The van der Waals surface area contributed by atoms with Crippen molar-refractivity contribution < 1.29 is 9.47 Å². The number of piperidine rings is 1. The second-order valence-corrected chi connectivity index (χ2v) is 5.37. The second kappa shape index (κ2) is 5.85. The normalized spacial score (nSPS) is 21.9. The lowest BCUT2D eigenvalue weighted by Crippen LogP contribution is -2.47. The van der Waals surface area contributed by atoms with Gasteiger partial charge in [-0.2, -0.15) is 0 Å². The van der Waals surface area contributed by atoms with Crippen molar-refractivity contribution in [1.29, 1.82) is 5.41 Å². The van der Waals surface area contributed by atoms with E-state index in [0.717, 1.165) is 30.8 Å². The van der Waals surface area contributed by atoms with Crippen LogP contribution in [0.15, 0.2) is 17.5 Å². The highest BCUT2D eigenvalue weighted by Gasteiger charge is 2.40. The van der Waals surface area contributed by atoms with Gasteiger partial charge in [0.25, 0.3) is 0 Å². The van der Waals surface area contributed by atoms with E-state index in [1.54, 1.807) is 11.3 Å². The summed E-state index contributed by atoms with van der Waals surface area (Å²) < 4.78 is 11.4. The molecule has 1 aromatic rings. The summed E-state index contributed by atoms with van der Waals surface area (Å²) in [5.74, 6) is 0.291. The fraction of sp³-hybridized carbons (Fsp3) is 0.583. The van der Waals surface area contributed by atoms with Crippen LogP contribution in [0.5, 0.6) is 0 Å². The molecule has 2 fully saturated rings. The highest BCUT2D eigenvalue weighted by molar-refractivity contribution is 14.0. The van der Waals surface area contributed by atoms with Crippen molar-refractivity contribution in [2.75, 3.05) is 26.3 Å². The van der Waals surface area contributed by atoms with Crippen LogP contribution in [0, 0.1) is 5.41 Å². The minimum Gasteiger partial charge on any atom is -0.356 e. The standard InChI is InChI=1S/C12H16N2O2S.HI/c13-11(10-2-1-9-17-10)14-5-3-12(4-6-14)15-7-8-16-12;/h1-2,9,13H,3-8H2;1H. The predicted molar refractivity (Wildman–Crippen MR) is 82.0 cm³/mol. The summed E-state index contributed by atoms with van der Waals surface area (Å²) in [6.45, 7) is 3.11. The minimum absolute atomic E-state index is 0. The largest absolute Gasteiger partial charge is 0.356 e. The Balaban J connectivity index is 0.00000120. The molecular formula is C12H17IN2O2S. The SMILES string of the molecule is I.N=C(c1cccs1)N1CCC2(CC1)OCCO2. The van der Waals surface area contributed by atoms with Crippen molar-refractivity contribution >= 4 is 41.1 Å². The van der Waals surface area contributed by atoms with E-state index in [1.165, 1.54) is 0 Å². The van der Waals surface area contributed by atoms with Crippen molar-refractivity contribution in [2.45, 2.75) is 18.6 Å². The highest BCUT2D eigenvalue weighted by atomic mass is 127. The van der Waals surface area contributed by atoms with Crippen molar-refractivity contribution in [3.63, 3.8) is 0 Å². The molecule has 0 bridgehead atoms. The summed E-state index contributed by atoms with van der Waals surface area (Å²) in [6.07, 6.45) is 1.72. The first-order valence-corrected chi connectivity index (χ1v) is 6.82. The number of thiophene rings is 1. The Morgan fingerprint density at radius 3 is 2.50 bits per heavy atom. The maximum Gasteiger partial charge on any atom is 0.171 e. The van der Waals surface area contributed by atoms with Gasteiger partial charge >= 0.3 is 0 Å². The summed E-state index contributed by atoms with van der Waals surface area (Å²) in [4.78, 5) is 3.15. The average molecular weight is 380 g/mol. The summed E-state index contributed by atoms with van der Waals surface area (Å²) in [5, 5.41) is 10.2. The second-order valence-electron chi connectivity index (χ2n) is 4.42. The van der Waals surface area contributed by atoms with Gasteiger partial charge in [-0.3, -0.25) is 5.41 Å². The van der Waals surface area contributed by atoms with Crippen LogP contribution in [0.25, 0.3) is 0 Å². The molecule has 3 heterocycles. The smallest absolute Gasteiger partial charge is 0.171 e. The Bertz CT molecular complexity index is 394. The van der Waals surface area contributed by atoms with Gasteiger partial charge in [0.2, 0.25) is 0 Å². The molecule has 2 saturated heterocycles. The van der Waals surface area contributed by atoms with Crippen LogP contribution in [-0.2, 0) is 9.47 Å². The molecule has 2 aliphatic heterocycles. The van der Waals surface area contributed by atoms with Crippen LogP contribution in [0.4, 0.5) is 0 Å². The number of hydrogen-bond acceptors (Lipinski definition) is 4. The van der Waals surface area contributed by atoms with Gasteiger partial charge in [-0.1, -0.05) is 6.07 Å². The van der Waals surface area contributed by atoms with Gasteiger partial charge in [0, 0.05) is 25.9 Å². The molecule has 0 aromatic carbocycles. The fourth-order valence-corrected chi connectivity index (χ4v) is 3.13. The molecule has 1 aromatic heterocycles. The molecule has 2 aliphatic rings. The lowest BCUT2D eigenvalue weighted by atomic mass is 10.0.